The van der Waals surface area contributed by atoms with Crippen molar-refractivity contribution in [2.75, 3.05) is 12.4 Å². The fraction of sp³-hybridized carbons (Fsp3) is 0.208. The quantitative estimate of drug-likeness (QED) is 0.326. The summed E-state index contributed by atoms with van der Waals surface area (Å²) in [7, 11) is 1.63. The third-order valence-electron chi connectivity index (χ3n) is 4.88. The molecule has 0 saturated carbocycles. The molecule has 0 aliphatic heterocycles. The Morgan fingerprint density at radius 3 is 2.42 bits per heavy atom. The van der Waals surface area contributed by atoms with Crippen molar-refractivity contribution >= 4 is 51.0 Å². The van der Waals surface area contributed by atoms with Crippen LogP contribution in [0.2, 0.25) is 0 Å². The Hall–Kier alpha value is -3.01. The number of nitrogens with zero attached hydrogens (tertiary/aromatic N) is 2. The molecule has 3 heterocycles. The van der Waals surface area contributed by atoms with Crippen molar-refractivity contribution in [2.45, 2.75) is 25.9 Å². The van der Waals surface area contributed by atoms with E-state index in [4.69, 9.17) is 4.74 Å². The summed E-state index contributed by atoms with van der Waals surface area (Å²) in [5.74, 6) is 0.613. The zero-order chi connectivity index (χ0) is 23.0. The van der Waals surface area contributed by atoms with Crippen LogP contribution in [0.3, 0.4) is 0 Å². The van der Waals surface area contributed by atoms with Crippen LogP contribution < -0.4 is 10.1 Å². The summed E-state index contributed by atoms with van der Waals surface area (Å²) in [4.78, 5) is 33.9. The minimum Gasteiger partial charge on any atom is -0.496 e. The molecule has 4 aromatic rings. The number of benzene rings is 1. The molecule has 4 rings (SSSR count). The van der Waals surface area contributed by atoms with Crippen molar-refractivity contribution in [2.24, 2.45) is 0 Å². The lowest BCUT2D eigenvalue weighted by molar-refractivity contribution is -0.131. The largest absolute Gasteiger partial charge is 0.496 e. The second-order valence-corrected chi connectivity index (χ2v) is 10.2. The molecule has 0 spiro atoms. The Kier molecular flexibility index (Phi) is 7.87. The third kappa shape index (κ3) is 6.50. The van der Waals surface area contributed by atoms with Gasteiger partial charge in [0.15, 0.2) is 5.13 Å². The number of hydrogen-bond acceptors (Lipinski definition) is 7. The normalized spacial score (nSPS) is 10.7. The van der Waals surface area contributed by atoms with Crippen molar-refractivity contribution < 1.29 is 14.3 Å². The number of carbonyl (C=O) groups is 2. The zero-order valence-electron chi connectivity index (χ0n) is 18.0. The van der Waals surface area contributed by atoms with Crippen molar-refractivity contribution in [3.8, 4) is 5.75 Å². The minimum absolute atomic E-state index is 0.0314. The summed E-state index contributed by atoms with van der Waals surface area (Å²) in [6.45, 7) is 0.957. The van der Waals surface area contributed by atoms with E-state index in [1.807, 2.05) is 69.6 Å². The van der Waals surface area contributed by atoms with Gasteiger partial charge in [-0.3, -0.25) is 9.59 Å². The number of methoxy groups -OCH3 is 1. The summed E-state index contributed by atoms with van der Waals surface area (Å²) in [5.41, 5.74) is 1.59. The second-order valence-electron chi connectivity index (χ2n) is 7.27. The average Bonchev–Trinajstić information content (AvgIpc) is 3.58. The lowest BCUT2D eigenvalue weighted by Crippen LogP contribution is -2.31. The molecule has 9 heteroatoms. The van der Waals surface area contributed by atoms with Gasteiger partial charge in [0.2, 0.25) is 11.8 Å². The predicted octanol–water partition coefficient (Wildman–Crippen LogP) is 5.23. The summed E-state index contributed by atoms with van der Waals surface area (Å²) >= 11 is 4.50. The Labute approximate surface area is 204 Å². The van der Waals surface area contributed by atoms with Crippen molar-refractivity contribution in [1.29, 1.82) is 0 Å². The van der Waals surface area contributed by atoms with Crippen molar-refractivity contribution in [1.82, 2.24) is 9.88 Å². The first-order chi connectivity index (χ1) is 16.1. The second kappa shape index (κ2) is 11.2. The van der Waals surface area contributed by atoms with Gasteiger partial charge in [0.05, 0.1) is 32.2 Å². The molecule has 0 bridgehead atoms. The van der Waals surface area contributed by atoms with E-state index in [1.165, 1.54) is 11.3 Å². The lowest BCUT2D eigenvalue weighted by Gasteiger charge is -2.23. The molecule has 1 N–H and O–H groups in total. The van der Waals surface area contributed by atoms with Gasteiger partial charge in [-0.05, 0) is 29.0 Å². The molecule has 0 radical (unpaired) electrons. The molecule has 3 aromatic heterocycles. The molecule has 33 heavy (non-hydrogen) atoms. The smallest absolute Gasteiger partial charge is 0.231 e. The number of rotatable bonds is 10. The van der Waals surface area contributed by atoms with E-state index in [0.717, 1.165) is 21.1 Å². The molecular formula is C24H23N3O3S3. The van der Waals surface area contributed by atoms with Crippen LogP contribution in [0.5, 0.6) is 5.75 Å². The van der Waals surface area contributed by atoms with Crippen LogP contribution in [-0.2, 0) is 35.5 Å². The number of aromatic nitrogens is 1. The summed E-state index contributed by atoms with van der Waals surface area (Å²) in [6.07, 6.45) is 0.483. The molecule has 0 saturated heterocycles. The Balaban J connectivity index is 1.42. The third-order valence-corrected chi connectivity index (χ3v) is 7.42. The number of hydrogen-bond donors (Lipinski definition) is 1. The van der Waals surface area contributed by atoms with Gasteiger partial charge in [-0.1, -0.05) is 30.3 Å². The van der Waals surface area contributed by atoms with Gasteiger partial charge in [-0.15, -0.1) is 34.0 Å². The molecule has 0 aliphatic carbocycles. The van der Waals surface area contributed by atoms with Crippen LogP contribution in [0, 0.1) is 0 Å². The number of amides is 2. The monoisotopic (exact) mass is 497 g/mol. The maximum Gasteiger partial charge on any atom is 0.231 e. The number of ether oxygens (including phenoxy) is 1. The maximum atomic E-state index is 13.3. The van der Waals surface area contributed by atoms with Gasteiger partial charge in [-0.25, -0.2) is 4.98 Å². The standard InChI is InChI=1S/C24H23N3O3S3/c1-30-21-9-3-2-6-17(21)14-27(15-20-8-5-11-32-20)23(29)12-18-16-33-24(25-18)26-22(28)13-19-7-4-10-31-19/h2-11,16H,12-15H2,1H3,(H,25,26,28). The summed E-state index contributed by atoms with van der Waals surface area (Å²) < 4.78 is 5.47. The van der Waals surface area contributed by atoms with Crippen LogP contribution in [0.15, 0.2) is 64.7 Å². The van der Waals surface area contributed by atoms with Crippen LogP contribution in [0.4, 0.5) is 5.13 Å². The van der Waals surface area contributed by atoms with Crippen molar-refractivity contribution in [3.05, 3.63) is 85.7 Å². The number of anilines is 1. The van der Waals surface area contributed by atoms with Gasteiger partial charge >= 0.3 is 0 Å². The van der Waals surface area contributed by atoms with E-state index in [-0.39, 0.29) is 18.2 Å². The van der Waals surface area contributed by atoms with E-state index in [2.05, 4.69) is 10.3 Å². The van der Waals surface area contributed by atoms with Crippen LogP contribution in [0.25, 0.3) is 0 Å². The first kappa shape index (κ1) is 23.2. The summed E-state index contributed by atoms with van der Waals surface area (Å²) in [5, 5.41) is 9.12. The molecular weight excluding hydrogens is 474 g/mol. The molecule has 170 valence electrons. The molecule has 0 unspecified atom stereocenters. The number of para-hydroxylation sites is 1. The van der Waals surface area contributed by atoms with Crippen molar-refractivity contribution in [3.63, 3.8) is 0 Å². The predicted molar refractivity (Wildman–Crippen MR) is 134 cm³/mol. The molecule has 2 amide bonds. The lowest BCUT2D eigenvalue weighted by atomic mass is 10.1. The highest BCUT2D eigenvalue weighted by Gasteiger charge is 2.19. The number of thiazole rings is 1. The van der Waals surface area contributed by atoms with Gasteiger partial charge in [0.1, 0.15) is 5.75 Å². The Bertz CT molecular complexity index is 1190. The molecule has 0 atom stereocenters. The van der Waals surface area contributed by atoms with E-state index in [0.29, 0.717) is 30.3 Å². The highest BCUT2D eigenvalue weighted by molar-refractivity contribution is 7.14. The fourth-order valence-corrected chi connectivity index (χ4v) is 5.46. The Morgan fingerprint density at radius 1 is 0.939 bits per heavy atom. The molecule has 0 aliphatic rings. The number of nitrogens with one attached hydrogen (secondary N) is 1. The molecule has 1 aromatic carbocycles. The van der Waals surface area contributed by atoms with E-state index in [9.17, 15) is 9.59 Å². The highest BCUT2D eigenvalue weighted by atomic mass is 32.1. The molecule has 0 fully saturated rings. The van der Waals surface area contributed by atoms with E-state index < -0.39 is 0 Å². The average molecular weight is 498 g/mol. The summed E-state index contributed by atoms with van der Waals surface area (Å²) in [6, 6.07) is 15.6. The van der Waals surface area contributed by atoms with Crippen LogP contribution in [-0.4, -0.2) is 28.8 Å². The SMILES string of the molecule is COc1ccccc1CN(Cc1cccs1)C(=O)Cc1csc(NC(=O)Cc2cccs2)n1. The maximum absolute atomic E-state index is 13.3. The van der Waals surface area contributed by atoms with Crippen LogP contribution >= 0.6 is 34.0 Å². The van der Waals surface area contributed by atoms with E-state index >= 15 is 0 Å². The number of carbonyl (C=O) groups excluding carboxylic acids is 2. The fourth-order valence-electron chi connectivity index (χ4n) is 3.31. The first-order valence-electron chi connectivity index (χ1n) is 10.3. The minimum atomic E-state index is -0.111. The van der Waals surface area contributed by atoms with Gasteiger partial charge in [0, 0.05) is 27.2 Å². The first-order valence-corrected chi connectivity index (χ1v) is 12.9. The van der Waals surface area contributed by atoms with Gasteiger partial charge < -0.3 is 15.0 Å². The van der Waals surface area contributed by atoms with Crippen LogP contribution in [0.1, 0.15) is 21.0 Å². The highest BCUT2D eigenvalue weighted by Crippen LogP contribution is 2.23. The van der Waals surface area contributed by atoms with E-state index in [1.54, 1.807) is 29.8 Å². The Morgan fingerprint density at radius 2 is 1.70 bits per heavy atom. The van der Waals surface area contributed by atoms with Gasteiger partial charge in [0.25, 0.3) is 0 Å². The topological polar surface area (TPSA) is 71.5 Å². The van der Waals surface area contributed by atoms with Gasteiger partial charge in [-0.2, -0.15) is 0 Å². The number of thiophene rings is 2. The molecule has 6 nitrogen and oxygen atoms in total. The zero-order valence-corrected chi connectivity index (χ0v) is 20.5.